The minimum Gasteiger partial charge on any atom is -0.355 e. The van der Waals surface area contributed by atoms with Gasteiger partial charge in [0.25, 0.3) is 0 Å². The van der Waals surface area contributed by atoms with Crippen molar-refractivity contribution >= 4 is 58.3 Å². The summed E-state index contributed by atoms with van der Waals surface area (Å²) in [6.07, 6.45) is 12.4. The van der Waals surface area contributed by atoms with Gasteiger partial charge >= 0.3 is 0 Å². The van der Waals surface area contributed by atoms with Crippen molar-refractivity contribution in [3.05, 3.63) is 22.4 Å². The molecule has 2 fully saturated rings. The lowest BCUT2D eigenvalue weighted by Gasteiger charge is -2.40. The average molecular weight is 574 g/mol. The van der Waals surface area contributed by atoms with E-state index in [0.717, 1.165) is 59.0 Å². The molecule has 0 aromatic carbocycles. The molecule has 1 N–H and O–H groups in total. The van der Waals surface area contributed by atoms with Gasteiger partial charge in [-0.3, -0.25) is 4.99 Å². The molecule has 1 saturated carbocycles. The first kappa shape index (κ1) is 23.8. The minimum absolute atomic E-state index is 0.0449. The highest BCUT2D eigenvalue weighted by Gasteiger charge is 2.40. The highest BCUT2D eigenvalue weighted by atomic mass is 127. The molecule has 31 heavy (non-hydrogen) atoms. The van der Waals surface area contributed by atoms with Gasteiger partial charge in [0.1, 0.15) is 11.2 Å². The van der Waals surface area contributed by atoms with Gasteiger partial charge in [-0.2, -0.15) is 0 Å². The van der Waals surface area contributed by atoms with E-state index in [1.165, 1.54) is 32.1 Å². The smallest absolute Gasteiger partial charge is 0.150 e. The van der Waals surface area contributed by atoms with E-state index in [0.29, 0.717) is 5.41 Å². The van der Waals surface area contributed by atoms with Gasteiger partial charge < -0.3 is 4.90 Å². The first-order valence-electron chi connectivity index (χ1n) is 11.5. The van der Waals surface area contributed by atoms with Crippen molar-refractivity contribution in [2.24, 2.45) is 16.3 Å². The van der Waals surface area contributed by atoms with Crippen molar-refractivity contribution in [3.63, 3.8) is 0 Å². The maximum atomic E-state index is 6.69. The maximum absolute atomic E-state index is 6.69. The van der Waals surface area contributed by atoms with Gasteiger partial charge in [0.2, 0.25) is 0 Å². The molecule has 1 aromatic rings. The van der Waals surface area contributed by atoms with Crippen LogP contribution in [0.1, 0.15) is 63.8 Å². The summed E-state index contributed by atoms with van der Waals surface area (Å²) in [7, 11) is 0. The molecule has 2 aliphatic heterocycles. The van der Waals surface area contributed by atoms with Gasteiger partial charge in [-0.05, 0) is 56.4 Å². The summed E-state index contributed by atoms with van der Waals surface area (Å²) in [6, 6.07) is 0. The van der Waals surface area contributed by atoms with E-state index >= 15 is 0 Å². The van der Waals surface area contributed by atoms with E-state index in [9.17, 15) is 0 Å². The van der Waals surface area contributed by atoms with E-state index in [2.05, 4.69) is 57.1 Å². The summed E-state index contributed by atoms with van der Waals surface area (Å²) in [5.74, 6) is 1.99. The summed E-state index contributed by atoms with van der Waals surface area (Å²) in [5.41, 5.74) is 2.68. The van der Waals surface area contributed by atoms with Gasteiger partial charge in [0, 0.05) is 53.5 Å². The molecule has 0 bridgehead atoms. The van der Waals surface area contributed by atoms with Crippen LogP contribution in [0.2, 0.25) is 0 Å². The Morgan fingerprint density at radius 1 is 1.29 bits per heavy atom. The number of piperidine rings is 1. The van der Waals surface area contributed by atoms with E-state index in [1.54, 1.807) is 11.8 Å². The summed E-state index contributed by atoms with van der Waals surface area (Å²) in [5, 5.41) is 0.877. The Bertz CT molecular complexity index is 853. The molecule has 1 aromatic heterocycles. The molecule has 1 saturated heterocycles. The van der Waals surface area contributed by atoms with Crippen LogP contribution in [0.15, 0.2) is 21.0 Å². The second-order valence-corrected chi connectivity index (χ2v) is 11.6. The summed E-state index contributed by atoms with van der Waals surface area (Å²) in [6.45, 7) is 8.89. The predicted octanol–water partition coefficient (Wildman–Crippen LogP) is 6.08. The van der Waals surface area contributed by atoms with Crippen LogP contribution in [0.4, 0.5) is 5.82 Å². The monoisotopic (exact) mass is 573 g/mol. The molecule has 3 heterocycles. The van der Waals surface area contributed by atoms with E-state index in [1.807, 2.05) is 12.3 Å². The molecule has 0 radical (unpaired) electrons. The molecule has 170 valence electrons. The molecule has 3 atom stereocenters. The van der Waals surface area contributed by atoms with Crippen LogP contribution in [0.3, 0.4) is 0 Å². The van der Waals surface area contributed by atoms with Crippen LogP contribution < -0.4 is 8.43 Å². The topological polar surface area (TPSA) is 53.4 Å². The van der Waals surface area contributed by atoms with Crippen molar-refractivity contribution in [1.82, 2.24) is 13.5 Å². The second-order valence-electron chi connectivity index (χ2n) is 9.37. The van der Waals surface area contributed by atoms with Crippen molar-refractivity contribution in [2.75, 3.05) is 18.0 Å². The zero-order valence-corrected chi connectivity index (χ0v) is 22.4. The number of hydrogen-bond acceptors (Lipinski definition) is 6. The van der Waals surface area contributed by atoms with Crippen LogP contribution in [0, 0.1) is 18.3 Å². The lowest BCUT2D eigenvalue weighted by atomic mass is 9.76. The fourth-order valence-corrected chi connectivity index (χ4v) is 6.95. The standard InChI is InChI=1S/C23H33ClIN5S/c1-4-18-21(30-11-8-23(9-12-30)7-5-15(2)14-23)27-16(3)22(28-18)31-19-6-10-26-20(29-25)13-17(19)24/h6,10,15,17,20,29H,4-5,7-9,11-14H2,1-3H3/t15-,17?,20?/m1/s1. The lowest BCUT2D eigenvalue weighted by Crippen LogP contribution is -2.40. The molecule has 5 nitrogen and oxygen atoms in total. The normalized spacial score (nSPS) is 28.1. The number of allylic oxidation sites excluding steroid dienone is 2. The lowest BCUT2D eigenvalue weighted by molar-refractivity contribution is 0.218. The molecule has 1 aliphatic carbocycles. The third-order valence-electron chi connectivity index (χ3n) is 7.07. The highest BCUT2D eigenvalue weighted by Crippen LogP contribution is 2.49. The maximum Gasteiger partial charge on any atom is 0.150 e. The van der Waals surface area contributed by atoms with Crippen LogP contribution >= 0.6 is 46.2 Å². The number of anilines is 1. The number of aromatic nitrogens is 2. The van der Waals surface area contributed by atoms with Gasteiger partial charge in [0.05, 0.1) is 16.8 Å². The number of alkyl halides is 1. The largest absolute Gasteiger partial charge is 0.355 e. The zero-order valence-electron chi connectivity index (χ0n) is 18.7. The second kappa shape index (κ2) is 10.3. The highest BCUT2D eigenvalue weighted by molar-refractivity contribution is 14.1. The number of halogens is 2. The van der Waals surface area contributed by atoms with E-state index < -0.39 is 0 Å². The van der Waals surface area contributed by atoms with Crippen LogP contribution in [0.5, 0.6) is 0 Å². The van der Waals surface area contributed by atoms with Gasteiger partial charge in [-0.25, -0.2) is 13.5 Å². The van der Waals surface area contributed by atoms with E-state index in [-0.39, 0.29) is 11.5 Å². The molecular weight excluding hydrogens is 541 g/mol. The van der Waals surface area contributed by atoms with Gasteiger partial charge in [-0.1, -0.05) is 32.0 Å². The number of rotatable bonds is 5. The summed E-state index contributed by atoms with van der Waals surface area (Å²) >= 11 is 10.5. The summed E-state index contributed by atoms with van der Waals surface area (Å²) < 4.78 is 3.16. The molecule has 4 rings (SSSR count). The number of aliphatic imine (C=N–C) groups is 1. The number of nitrogens with one attached hydrogen (secondary N) is 1. The fourth-order valence-electron chi connectivity index (χ4n) is 5.23. The van der Waals surface area contributed by atoms with Crippen molar-refractivity contribution < 1.29 is 0 Å². The van der Waals surface area contributed by atoms with E-state index in [4.69, 9.17) is 21.6 Å². The molecule has 2 unspecified atom stereocenters. The van der Waals surface area contributed by atoms with Crippen molar-refractivity contribution in [2.45, 2.75) is 82.3 Å². The Morgan fingerprint density at radius 3 is 2.71 bits per heavy atom. The zero-order chi connectivity index (χ0) is 22.0. The third kappa shape index (κ3) is 5.41. The predicted molar refractivity (Wildman–Crippen MR) is 141 cm³/mol. The Balaban J connectivity index is 1.49. The molecule has 3 aliphatic rings. The fraction of sp³-hybridized carbons (Fsp3) is 0.696. The van der Waals surface area contributed by atoms with Gasteiger partial charge in [-0.15, -0.1) is 11.6 Å². The van der Waals surface area contributed by atoms with Crippen LogP contribution in [-0.4, -0.2) is 40.8 Å². The van der Waals surface area contributed by atoms with Gasteiger partial charge in [0.15, 0.2) is 5.82 Å². The quantitative estimate of drug-likeness (QED) is 0.263. The number of thioether (sulfide) groups is 1. The SMILES string of the molecule is CCc1nc(SC2=CC=NC(NI)CC2Cl)c(C)nc1N1CCC2(CC[C@@H](C)C2)CC1. The number of hydrogen-bond donors (Lipinski definition) is 1. The minimum atomic E-state index is -0.0854. The third-order valence-corrected chi connectivity index (χ3v) is 9.57. The Morgan fingerprint density at radius 2 is 2.06 bits per heavy atom. The molecule has 8 heteroatoms. The number of nitrogens with zero attached hydrogens (tertiary/aromatic N) is 4. The molecule has 0 amide bonds. The first-order valence-corrected chi connectivity index (χ1v) is 13.8. The average Bonchev–Trinajstić information content (AvgIpc) is 3.02. The van der Waals surface area contributed by atoms with Crippen molar-refractivity contribution in [1.29, 1.82) is 0 Å². The first-order chi connectivity index (χ1) is 14.9. The van der Waals surface area contributed by atoms with Crippen molar-refractivity contribution in [3.8, 4) is 0 Å². The Labute approximate surface area is 209 Å². The Hall–Kier alpha value is -0.380. The number of aryl methyl sites for hydroxylation is 2. The Kier molecular flexibility index (Phi) is 7.87. The van der Waals surface area contributed by atoms with Crippen LogP contribution in [-0.2, 0) is 6.42 Å². The summed E-state index contributed by atoms with van der Waals surface area (Å²) in [4.78, 5) is 18.2. The van der Waals surface area contributed by atoms with Crippen LogP contribution in [0.25, 0.3) is 0 Å². The molecular formula is C23H33ClIN5S. The molecule has 1 spiro atoms.